The molecule has 12 heteroatoms. The number of carbonyl (C=O) groups is 2. The molecule has 1 heterocycles. The van der Waals surface area contributed by atoms with Crippen LogP contribution in [0.15, 0.2) is 29.2 Å². The highest BCUT2D eigenvalue weighted by atomic mass is 32.2. The number of nitro groups is 1. The predicted molar refractivity (Wildman–Crippen MR) is 71.2 cm³/mol. The van der Waals surface area contributed by atoms with E-state index < -0.39 is 50.5 Å². The van der Waals surface area contributed by atoms with Crippen molar-refractivity contribution in [3.63, 3.8) is 0 Å². The Bertz CT molecular complexity index is 761. The largest absolute Gasteiger partial charge is 0.465 e. The lowest BCUT2D eigenvalue weighted by atomic mass is 10.3. The molecule has 0 bridgehead atoms. The van der Waals surface area contributed by atoms with Crippen LogP contribution in [-0.4, -0.2) is 54.8 Å². The summed E-state index contributed by atoms with van der Waals surface area (Å²) in [5.41, 5.74) is -0.431. The van der Waals surface area contributed by atoms with Gasteiger partial charge in [-0.2, -0.15) is 8.42 Å². The number of hydrogen-bond acceptors (Lipinski definition) is 8. The molecule has 0 radical (unpaired) electrons. The highest BCUT2D eigenvalue weighted by Crippen LogP contribution is 2.20. The highest BCUT2D eigenvalue weighted by Gasteiger charge is 2.36. The van der Waals surface area contributed by atoms with Gasteiger partial charge in [-0.05, 0) is 6.07 Å². The van der Waals surface area contributed by atoms with Crippen LogP contribution in [-0.2, 0) is 19.0 Å². The fourth-order valence-corrected chi connectivity index (χ4v) is 2.73. The number of benzene rings is 1. The van der Waals surface area contributed by atoms with Gasteiger partial charge in [0.25, 0.3) is 15.8 Å². The van der Waals surface area contributed by atoms with Crippen molar-refractivity contribution in [1.82, 2.24) is 4.90 Å². The van der Waals surface area contributed by atoms with Gasteiger partial charge >= 0.3 is 12.2 Å². The number of nitrogens with zero attached hydrogens (tertiary/aromatic N) is 2. The molecule has 0 spiro atoms. The second-order valence-corrected chi connectivity index (χ2v) is 6.01. The Labute approximate surface area is 129 Å². The standard InChI is InChI=1S/C11H10N2O9S/c14-10(15)12-5-8(22-11(12)16)6-21-23(19,20)9-3-1-2-7(4-9)13(17)18/h1-4,8H,5-6H2,(H,14,15). The van der Waals surface area contributed by atoms with E-state index in [0.29, 0.717) is 4.90 Å². The molecule has 1 atom stereocenters. The second-order valence-electron chi connectivity index (χ2n) is 4.39. The van der Waals surface area contributed by atoms with Gasteiger partial charge in [-0.15, -0.1) is 0 Å². The molecular weight excluding hydrogens is 336 g/mol. The van der Waals surface area contributed by atoms with Crippen molar-refractivity contribution in [3.8, 4) is 0 Å². The zero-order valence-electron chi connectivity index (χ0n) is 11.3. The fraction of sp³-hybridized carbons (Fsp3) is 0.273. The third kappa shape index (κ3) is 3.73. The third-order valence-corrected chi connectivity index (χ3v) is 4.11. The number of hydrogen-bond donors (Lipinski definition) is 1. The molecule has 1 unspecified atom stereocenters. The minimum atomic E-state index is -4.32. The van der Waals surface area contributed by atoms with E-state index in [1.54, 1.807) is 0 Å². The van der Waals surface area contributed by atoms with E-state index in [1.165, 1.54) is 6.07 Å². The van der Waals surface area contributed by atoms with Gasteiger partial charge in [0.2, 0.25) is 0 Å². The maximum absolute atomic E-state index is 11.9. The van der Waals surface area contributed by atoms with E-state index >= 15 is 0 Å². The van der Waals surface area contributed by atoms with Gasteiger partial charge in [-0.3, -0.25) is 14.3 Å². The maximum atomic E-state index is 11.9. The molecule has 1 saturated heterocycles. The van der Waals surface area contributed by atoms with Crippen LogP contribution in [0.4, 0.5) is 15.3 Å². The number of cyclic esters (lactones) is 1. The summed E-state index contributed by atoms with van der Waals surface area (Å²) >= 11 is 0. The third-order valence-electron chi connectivity index (χ3n) is 2.83. The molecule has 11 nitrogen and oxygen atoms in total. The van der Waals surface area contributed by atoms with E-state index in [-0.39, 0.29) is 6.54 Å². The molecule has 1 aliphatic rings. The van der Waals surface area contributed by atoms with E-state index in [0.717, 1.165) is 18.2 Å². The average molecular weight is 346 g/mol. The van der Waals surface area contributed by atoms with Gasteiger partial charge < -0.3 is 9.84 Å². The molecule has 1 aromatic rings. The number of non-ortho nitro benzene ring substituents is 1. The van der Waals surface area contributed by atoms with Crippen molar-refractivity contribution in [3.05, 3.63) is 34.4 Å². The molecule has 0 aliphatic carbocycles. The average Bonchev–Trinajstić information content (AvgIpc) is 2.87. The van der Waals surface area contributed by atoms with Crippen molar-refractivity contribution in [2.75, 3.05) is 13.2 Å². The van der Waals surface area contributed by atoms with Gasteiger partial charge in [0.15, 0.2) is 0 Å². The normalized spacial score (nSPS) is 17.8. The minimum Gasteiger partial charge on any atom is -0.465 e. The predicted octanol–water partition coefficient (Wildman–Crippen LogP) is 0.799. The quantitative estimate of drug-likeness (QED) is 0.463. The Morgan fingerprint density at radius 2 is 2.22 bits per heavy atom. The van der Waals surface area contributed by atoms with Crippen LogP contribution in [0.1, 0.15) is 0 Å². The van der Waals surface area contributed by atoms with Gasteiger partial charge in [-0.1, -0.05) is 6.07 Å². The van der Waals surface area contributed by atoms with Gasteiger partial charge in [0.1, 0.15) is 17.6 Å². The lowest BCUT2D eigenvalue weighted by Crippen LogP contribution is -2.31. The highest BCUT2D eigenvalue weighted by molar-refractivity contribution is 7.86. The Morgan fingerprint density at radius 1 is 1.52 bits per heavy atom. The van der Waals surface area contributed by atoms with E-state index in [9.17, 15) is 28.1 Å². The summed E-state index contributed by atoms with van der Waals surface area (Å²) < 4.78 is 33.2. The number of ether oxygens (including phenoxy) is 1. The first-order chi connectivity index (χ1) is 10.7. The summed E-state index contributed by atoms with van der Waals surface area (Å²) in [7, 11) is -4.32. The molecule has 1 aromatic carbocycles. The topological polar surface area (TPSA) is 153 Å². The van der Waals surface area contributed by atoms with Crippen molar-refractivity contribution in [2.24, 2.45) is 0 Å². The number of imide groups is 1. The molecule has 1 N–H and O–H groups in total. The number of amides is 2. The second kappa shape index (κ2) is 6.18. The monoisotopic (exact) mass is 346 g/mol. The summed E-state index contributed by atoms with van der Waals surface area (Å²) in [4.78, 5) is 31.7. The number of rotatable bonds is 5. The summed E-state index contributed by atoms with van der Waals surface area (Å²) in [6, 6.07) is 4.21. The molecule has 0 saturated carbocycles. The first kappa shape index (κ1) is 16.6. The fourth-order valence-electron chi connectivity index (χ4n) is 1.75. The summed E-state index contributed by atoms with van der Waals surface area (Å²) in [5, 5.41) is 19.3. The smallest absolute Gasteiger partial charge is 0.419 e. The molecule has 1 aliphatic heterocycles. The van der Waals surface area contributed by atoms with Gasteiger partial charge in [-0.25, -0.2) is 14.5 Å². The molecule has 23 heavy (non-hydrogen) atoms. The van der Waals surface area contributed by atoms with Crippen LogP contribution in [0.5, 0.6) is 0 Å². The number of carbonyl (C=O) groups excluding carboxylic acids is 1. The summed E-state index contributed by atoms with van der Waals surface area (Å²) in [6.07, 6.45) is -3.75. The molecule has 2 rings (SSSR count). The Hall–Kier alpha value is -2.73. The SMILES string of the molecule is O=C(O)N1CC(COS(=O)(=O)c2cccc([N+](=O)[O-])c2)OC1=O. The molecule has 1 fully saturated rings. The summed E-state index contributed by atoms with van der Waals surface area (Å²) in [6.45, 7) is -0.987. The Balaban J connectivity index is 2.05. The van der Waals surface area contributed by atoms with E-state index in [2.05, 4.69) is 8.92 Å². The van der Waals surface area contributed by atoms with Crippen LogP contribution in [0, 0.1) is 10.1 Å². The maximum Gasteiger partial charge on any atom is 0.419 e. The minimum absolute atomic E-state index is 0.369. The first-order valence-electron chi connectivity index (χ1n) is 6.05. The number of carboxylic acid groups (broad SMARTS) is 1. The molecule has 2 amide bonds. The Kier molecular flexibility index (Phi) is 4.47. The van der Waals surface area contributed by atoms with Crippen molar-refractivity contribution < 1.29 is 37.0 Å². The van der Waals surface area contributed by atoms with Crippen molar-refractivity contribution >= 4 is 28.0 Å². The van der Waals surface area contributed by atoms with E-state index in [1.807, 2.05) is 0 Å². The number of nitro benzene ring substituents is 1. The molecule has 124 valence electrons. The zero-order valence-corrected chi connectivity index (χ0v) is 12.1. The molecule has 0 aromatic heterocycles. The van der Waals surface area contributed by atoms with E-state index in [4.69, 9.17) is 5.11 Å². The van der Waals surface area contributed by atoms with Crippen molar-refractivity contribution in [2.45, 2.75) is 11.0 Å². The van der Waals surface area contributed by atoms with Crippen LogP contribution < -0.4 is 0 Å². The van der Waals surface area contributed by atoms with Crippen LogP contribution in [0.2, 0.25) is 0 Å². The zero-order chi connectivity index (χ0) is 17.2. The lowest BCUT2D eigenvalue weighted by Gasteiger charge is -2.09. The molecular formula is C11H10N2O9S. The van der Waals surface area contributed by atoms with Crippen LogP contribution >= 0.6 is 0 Å². The van der Waals surface area contributed by atoms with Crippen LogP contribution in [0.25, 0.3) is 0 Å². The first-order valence-corrected chi connectivity index (χ1v) is 7.46. The Morgan fingerprint density at radius 3 is 2.78 bits per heavy atom. The summed E-state index contributed by atoms with van der Waals surface area (Å²) in [5.74, 6) is 0. The van der Waals surface area contributed by atoms with Gasteiger partial charge in [0, 0.05) is 12.1 Å². The van der Waals surface area contributed by atoms with Crippen LogP contribution in [0.3, 0.4) is 0 Å². The lowest BCUT2D eigenvalue weighted by molar-refractivity contribution is -0.385. The van der Waals surface area contributed by atoms with Gasteiger partial charge in [0.05, 0.1) is 11.5 Å². The van der Waals surface area contributed by atoms with Crippen molar-refractivity contribution in [1.29, 1.82) is 0 Å².